The van der Waals surface area contributed by atoms with E-state index in [1.54, 1.807) is 0 Å². The lowest BCUT2D eigenvalue weighted by Gasteiger charge is -2.28. The highest BCUT2D eigenvalue weighted by atomic mass is 19.2. The highest BCUT2D eigenvalue weighted by molar-refractivity contribution is 5.26. The van der Waals surface area contributed by atoms with Gasteiger partial charge in [0.25, 0.3) is 0 Å². The van der Waals surface area contributed by atoms with Gasteiger partial charge in [-0.25, -0.2) is 8.78 Å². The first-order valence-electron chi connectivity index (χ1n) is 6.57. The Labute approximate surface area is 111 Å². The summed E-state index contributed by atoms with van der Waals surface area (Å²) in [5.74, 6) is -1.68. The minimum absolute atomic E-state index is 0.113. The van der Waals surface area contributed by atoms with Crippen molar-refractivity contribution in [3.8, 4) is 6.07 Å². The lowest BCUT2D eigenvalue weighted by Crippen LogP contribution is -2.25. The summed E-state index contributed by atoms with van der Waals surface area (Å²) >= 11 is 0. The van der Waals surface area contributed by atoms with E-state index in [0.717, 1.165) is 18.9 Å². The number of hydrogen-bond donors (Lipinski definition) is 1. The van der Waals surface area contributed by atoms with Gasteiger partial charge in [-0.2, -0.15) is 5.26 Å². The molecule has 1 N–H and O–H groups in total. The smallest absolute Gasteiger partial charge is 0.164 e. The molecule has 1 fully saturated rings. The van der Waals surface area contributed by atoms with E-state index in [9.17, 15) is 19.1 Å². The van der Waals surface area contributed by atoms with Crippen LogP contribution in [0.5, 0.6) is 0 Å². The molecule has 3 unspecified atom stereocenters. The maximum absolute atomic E-state index is 13.7. The fourth-order valence-electron chi connectivity index (χ4n) is 2.97. The van der Waals surface area contributed by atoms with Gasteiger partial charge >= 0.3 is 0 Å². The van der Waals surface area contributed by atoms with Crippen LogP contribution in [0.1, 0.15) is 44.3 Å². The van der Waals surface area contributed by atoms with Crippen molar-refractivity contribution in [1.29, 1.82) is 5.26 Å². The fourth-order valence-corrected chi connectivity index (χ4v) is 2.97. The maximum atomic E-state index is 13.7. The molecule has 19 heavy (non-hydrogen) atoms. The SMILES string of the molecule is CCC1CCC(C#N)(C(O)c2cccc(F)c2F)C1. The summed E-state index contributed by atoms with van der Waals surface area (Å²) in [6.07, 6.45) is 1.57. The van der Waals surface area contributed by atoms with Crippen molar-refractivity contribution in [1.82, 2.24) is 0 Å². The zero-order valence-corrected chi connectivity index (χ0v) is 10.9. The molecule has 0 saturated heterocycles. The average Bonchev–Trinajstić information content (AvgIpc) is 2.86. The van der Waals surface area contributed by atoms with E-state index >= 15 is 0 Å². The first-order chi connectivity index (χ1) is 9.04. The van der Waals surface area contributed by atoms with Crippen LogP contribution in [0.25, 0.3) is 0 Å². The molecule has 1 aromatic carbocycles. The van der Waals surface area contributed by atoms with E-state index in [-0.39, 0.29) is 5.56 Å². The first kappa shape index (κ1) is 14.0. The van der Waals surface area contributed by atoms with Crippen LogP contribution in [0.3, 0.4) is 0 Å². The molecule has 1 saturated carbocycles. The third kappa shape index (κ3) is 2.35. The van der Waals surface area contributed by atoms with E-state index in [0.29, 0.717) is 18.8 Å². The molecule has 2 rings (SSSR count). The quantitative estimate of drug-likeness (QED) is 0.905. The molecule has 1 aromatic rings. The highest BCUT2D eigenvalue weighted by Gasteiger charge is 2.46. The average molecular weight is 265 g/mol. The van der Waals surface area contributed by atoms with Crippen molar-refractivity contribution in [3.63, 3.8) is 0 Å². The molecule has 4 heteroatoms. The van der Waals surface area contributed by atoms with E-state index in [1.165, 1.54) is 12.1 Å². The van der Waals surface area contributed by atoms with Crippen molar-refractivity contribution in [2.75, 3.05) is 0 Å². The van der Waals surface area contributed by atoms with Gasteiger partial charge in [-0.3, -0.25) is 0 Å². The summed E-state index contributed by atoms with van der Waals surface area (Å²) in [5, 5.41) is 19.8. The summed E-state index contributed by atoms with van der Waals surface area (Å²) in [4.78, 5) is 0. The van der Waals surface area contributed by atoms with Crippen LogP contribution < -0.4 is 0 Å². The highest BCUT2D eigenvalue weighted by Crippen LogP contribution is 2.50. The van der Waals surface area contributed by atoms with Gasteiger partial charge in [-0.1, -0.05) is 25.5 Å². The third-order valence-electron chi connectivity index (χ3n) is 4.25. The van der Waals surface area contributed by atoms with Crippen molar-refractivity contribution in [3.05, 3.63) is 35.4 Å². The molecular weight excluding hydrogens is 248 g/mol. The molecule has 102 valence electrons. The lowest BCUT2D eigenvalue weighted by atomic mass is 9.77. The summed E-state index contributed by atoms with van der Waals surface area (Å²) in [5.41, 5.74) is -1.10. The second-order valence-corrected chi connectivity index (χ2v) is 5.33. The molecule has 1 aliphatic rings. The van der Waals surface area contributed by atoms with Crippen molar-refractivity contribution in [2.24, 2.45) is 11.3 Å². The number of nitriles is 1. The summed E-state index contributed by atoms with van der Waals surface area (Å²) in [6, 6.07) is 5.86. The molecule has 0 spiro atoms. The number of rotatable bonds is 3. The van der Waals surface area contributed by atoms with Crippen LogP contribution >= 0.6 is 0 Å². The number of aliphatic hydroxyl groups is 1. The number of nitrogens with zero attached hydrogens (tertiary/aromatic N) is 1. The van der Waals surface area contributed by atoms with Crippen LogP contribution in [0.4, 0.5) is 8.78 Å². The van der Waals surface area contributed by atoms with Gasteiger partial charge in [-0.05, 0) is 31.2 Å². The van der Waals surface area contributed by atoms with Crippen LogP contribution in [0.15, 0.2) is 18.2 Å². The van der Waals surface area contributed by atoms with Crippen molar-refractivity contribution in [2.45, 2.75) is 38.7 Å². The molecule has 1 aliphatic carbocycles. The molecule has 0 aromatic heterocycles. The minimum Gasteiger partial charge on any atom is -0.387 e. The Hall–Kier alpha value is -1.47. The van der Waals surface area contributed by atoms with E-state index in [4.69, 9.17) is 0 Å². The monoisotopic (exact) mass is 265 g/mol. The van der Waals surface area contributed by atoms with Crippen molar-refractivity contribution < 1.29 is 13.9 Å². The Morgan fingerprint density at radius 3 is 2.84 bits per heavy atom. The maximum Gasteiger partial charge on any atom is 0.164 e. The number of aliphatic hydroxyl groups excluding tert-OH is 1. The molecule has 0 heterocycles. The standard InChI is InChI=1S/C15H17F2NO/c1-2-10-6-7-15(8-10,9-18)14(19)11-4-3-5-12(16)13(11)17/h3-5,10,14,19H,2,6-8H2,1H3. The zero-order valence-electron chi connectivity index (χ0n) is 10.9. The molecule has 0 bridgehead atoms. The second-order valence-electron chi connectivity index (χ2n) is 5.33. The molecule has 2 nitrogen and oxygen atoms in total. The first-order valence-corrected chi connectivity index (χ1v) is 6.57. The molecule has 0 amide bonds. The molecule has 3 atom stereocenters. The lowest BCUT2D eigenvalue weighted by molar-refractivity contribution is 0.0603. The Morgan fingerprint density at radius 1 is 1.53 bits per heavy atom. The Bertz CT molecular complexity index is 511. The largest absolute Gasteiger partial charge is 0.387 e. The fraction of sp³-hybridized carbons (Fsp3) is 0.533. The van der Waals surface area contributed by atoms with Crippen LogP contribution in [-0.2, 0) is 0 Å². The number of halogens is 2. The summed E-state index contributed by atoms with van der Waals surface area (Å²) in [7, 11) is 0. The predicted molar refractivity (Wildman–Crippen MR) is 67.0 cm³/mol. The topological polar surface area (TPSA) is 44.0 Å². The Morgan fingerprint density at radius 2 is 2.26 bits per heavy atom. The summed E-state index contributed by atoms with van der Waals surface area (Å²) in [6.45, 7) is 2.03. The van der Waals surface area contributed by atoms with Gasteiger partial charge in [0.05, 0.1) is 11.5 Å². The van der Waals surface area contributed by atoms with Gasteiger partial charge in [0.2, 0.25) is 0 Å². The van der Waals surface area contributed by atoms with Gasteiger partial charge in [0, 0.05) is 5.56 Å². The van der Waals surface area contributed by atoms with E-state index < -0.39 is 23.2 Å². The number of benzene rings is 1. The predicted octanol–water partition coefficient (Wildman–Crippen LogP) is 3.72. The van der Waals surface area contributed by atoms with Gasteiger partial charge in [-0.15, -0.1) is 0 Å². The Kier molecular flexibility index (Phi) is 3.86. The molecule has 0 aliphatic heterocycles. The molecule has 0 radical (unpaired) electrons. The van der Waals surface area contributed by atoms with Crippen LogP contribution in [0, 0.1) is 34.3 Å². The molecular formula is C15H17F2NO. The van der Waals surface area contributed by atoms with Crippen LogP contribution in [0.2, 0.25) is 0 Å². The normalized spacial score (nSPS) is 28.1. The van der Waals surface area contributed by atoms with Crippen molar-refractivity contribution >= 4 is 0 Å². The summed E-state index contributed by atoms with van der Waals surface area (Å²) < 4.78 is 27.0. The van der Waals surface area contributed by atoms with Gasteiger partial charge < -0.3 is 5.11 Å². The second kappa shape index (κ2) is 5.26. The third-order valence-corrected chi connectivity index (χ3v) is 4.25. The van der Waals surface area contributed by atoms with Gasteiger partial charge in [0.1, 0.15) is 6.10 Å². The van der Waals surface area contributed by atoms with E-state index in [2.05, 4.69) is 6.07 Å². The minimum atomic E-state index is -1.27. The number of hydrogen-bond acceptors (Lipinski definition) is 2. The zero-order chi connectivity index (χ0) is 14.0. The van der Waals surface area contributed by atoms with Crippen LogP contribution in [-0.4, -0.2) is 5.11 Å². The van der Waals surface area contributed by atoms with Gasteiger partial charge in [0.15, 0.2) is 11.6 Å². The Balaban J connectivity index is 2.35. The van der Waals surface area contributed by atoms with E-state index in [1.807, 2.05) is 6.92 Å².